The Hall–Kier alpha value is -12.2. The first kappa shape index (κ1) is 48.8. The van der Waals surface area contributed by atoms with Gasteiger partial charge in [-0.2, -0.15) is 0 Å². The van der Waals surface area contributed by atoms with Crippen LogP contribution in [-0.2, 0) is 0 Å². The molecule has 0 radical (unpaired) electrons. The van der Waals surface area contributed by atoms with Crippen molar-refractivity contribution in [2.75, 3.05) is 9.80 Å². The summed E-state index contributed by atoms with van der Waals surface area (Å²) in [6, 6.07) is 83.0. The smallest absolute Gasteiger partial charge is 0.270 e. The van der Waals surface area contributed by atoms with Crippen LogP contribution >= 0.6 is 0 Å². The van der Waals surface area contributed by atoms with E-state index in [-0.39, 0.29) is 25.5 Å². The zero-order chi connectivity index (χ0) is 59.6. The Morgan fingerprint density at radius 3 is 1.24 bits per heavy atom. The van der Waals surface area contributed by atoms with E-state index < -0.39 is 0 Å². The van der Waals surface area contributed by atoms with Crippen molar-refractivity contribution in [3.05, 3.63) is 266 Å². The second-order valence-electron chi connectivity index (χ2n) is 24.6. The standard InChI is InChI=1S/C42H23BN2O3.C36H21BN4O3/c1-2-10-24(11-3-1)44-30-15-7-5-13-28(30)38-31(44)21-20-27-26-12-4-6-14-29(26)45(42(27)38)25-22-36-41-37(23-25)48-35-19-9-17-33-40(35)43(41)39-32(46-33)16-8-18-34(39)47-36;1-3-9-24-22(7-1)32-23-8-2-4-10-25(23)41(21-17-38-19-39-18-21)36(32)40(24)20-15-30-35-31(16-20)44-29-14-6-12-27-34(29)37(35)33-26(42-27)11-5-13-28(33)43-30/h1-23H;1-19,32,36H. The maximum atomic E-state index is 6.75. The minimum absolute atomic E-state index is 0.0185. The quantitative estimate of drug-likeness (QED) is 0.159. The molecule has 0 saturated heterocycles. The van der Waals surface area contributed by atoms with Crippen LogP contribution in [0.25, 0.3) is 55.0 Å². The number of fused-ring (bicyclic) bond motifs is 12. The summed E-state index contributed by atoms with van der Waals surface area (Å²) in [4.78, 5) is 13.6. The van der Waals surface area contributed by atoms with Gasteiger partial charge in [0.25, 0.3) is 13.4 Å². The van der Waals surface area contributed by atoms with Gasteiger partial charge in [-0.25, -0.2) is 9.97 Å². The summed E-state index contributed by atoms with van der Waals surface area (Å²) < 4.78 is 44.4. The number of para-hydroxylation sites is 5. The molecule has 0 aliphatic carbocycles. The number of hydrogen-bond donors (Lipinski definition) is 0. The highest BCUT2D eigenvalue weighted by molar-refractivity contribution is 7.00. The molecule has 428 valence electrons. The Morgan fingerprint density at radius 1 is 0.304 bits per heavy atom. The van der Waals surface area contributed by atoms with E-state index in [0.717, 1.165) is 152 Å². The summed E-state index contributed by atoms with van der Waals surface area (Å²) in [6.07, 6.45) is 5.29. The fraction of sp³-hybridized carbons (Fsp3) is 0.0256. The lowest BCUT2D eigenvalue weighted by Crippen LogP contribution is -2.59. The fourth-order valence-corrected chi connectivity index (χ4v) is 16.6. The third kappa shape index (κ3) is 6.36. The molecule has 15 aromatic rings. The molecule has 3 aromatic heterocycles. The van der Waals surface area contributed by atoms with Crippen molar-refractivity contribution in [2.24, 2.45) is 0 Å². The minimum Gasteiger partial charge on any atom is -0.458 e. The Morgan fingerprint density at radius 2 is 0.717 bits per heavy atom. The maximum Gasteiger partial charge on any atom is 0.270 e. The molecule has 0 bridgehead atoms. The van der Waals surface area contributed by atoms with Gasteiger partial charge in [-0.15, -0.1) is 0 Å². The molecule has 11 heterocycles. The van der Waals surface area contributed by atoms with Gasteiger partial charge >= 0.3 is 0 Å². The van der Waals surface area contributed by atoms with Gasteiger partial charge in [-0.05, 0) is 102 Å². The number of benzene rings is 12. The van der Waals surface area contributed by atoms with E-state index in [4.69, 9.17) is 28.4 Å². The lowest BCUT2D eigenvalue weighted by atomic mass is 9.34. The van der Waals surface area contributed by atoms with Crippen molar-refractivity contribution in [3.63, 3.8) is 0 Å². The number of anilines is 4. The SMILES string of the molecule is c1cc2c3c(c1)Oc1cc(N4c5ccccc5C5c6ccccc6N(c6cncnc6)C54)cc4c1B3c1c(cccc1O4)O2.c1ccc(-n2c3ccccc3c3c2ccc2c4ccccc4n(-c4cc5c6c(c4)Oc4cccc7c4B6c4c(cccc4O5)O7)c23)cc1. The molecule has 0 fully saturated rings. The van der Waals surface area contributed by atoms with E-state index >= 15 is 0 Å². The lowest BCUT2D eigenvalue weighted by molar-refractivity contribution is 0.442. The molecule has 0 spiro atoms. The summed E-state index contributed by atoms with van der Waals surface area (Å²) in [5.41, 5.74) is 19.9. The van der Waals surface area contributed by atoms with Crippen LogP contribution < -0.4 is 71.0 Å². The Balaban J connectivity index is 0.000000121. The Kier molecular flexibility index (Phi) is 9.44. The first-order chi connectivity index (χ1) is 45.6. The summed E-state index contributed by atoms with van der Waals surface area (Å²) in [5, 5.41) is 4.83. The van der Waals surface area contributed by atoms with Crippen LogP contribution in [0.5, 0.6) is 69.0 Å². The molecular formula is C78H44B2N6O6. The normalized spacial score (nSPS) is 15.8. The van der Waals surface area contributed by atoms with E-state index in [9.17, 15) is 0 Å². The van der Waals surface area contributed by atoms with E-state index in [1.54, 1.807) is 6.33 Å². The van der Waals surface area contributed by atoms with Gasteiger partial charge in [0, 0.05) is 95.6 Å². The number of hydrogen-bond acceptors (Lipinski definition) is 10. The number of nitrogens with zero attached hydrogens (tertiary/aromatic N) is 6. The van der Waals surface area contributed by atoms with E-state index in [1.807, 2.05) is 85.2 Å². The molecule has 0 N–H and O–H groups in total. The third-order valence-electron chi connectivity index (χ3n) is 20.1. The van der Waals surface area contributed by atoms with Crippen molar-refractivity contribution in [2.45, 2.75) is 12.1 Å². The summed E-state index contributed by atoms with van der Waals surface area (Å²) in [5.74, 6) is 9.99. The van der Waals surface area contributed by atoms with Crippen LogP contribution in [0.15, 0.2) is 255 Å². The first-order valence-electron chi connectivity index (χ1n) is 31.1. The van der Waals surface area contributed by atoms with Crippen LogP contribution in [0, 0.1) is 0 Å². The average Bonchev–Trinajstić information content (AvgIpc) is 1.08. The van der Waals surface area contributed by atoms with E-state index in [2.05, 4.69) is 193 Å². The summed E-state index contributed by atoms with van der Waals surface area (Å²) in [7, 11) is 0. The van der Waals surface area contributed by atoms with Gasteiger partial charge in [0.15, 0.2) is 0 Å². The molecule has 0 saturated carbocycles. The zero-order valence-corrected chi connectivity index (χ0v) is 48.7. The minimum atomic E-state index is -0.0749. The number of rotatable bonds is 4. The van der Waals surface area contributed by atoms with Crippen LogP contribution in [-0.4, -0.2) is 38.7 Å². The molecular weight excluding hydrogens is 1140 g/mol. The van der Waals surface area contributed by atoms with Crippen LogP contribution in [0.1, 0.15) is 17.0 Å². The Labute approximate surface area is 526 Å². The first-order valence-corrected chi connectivity index (χ1v) is 31.1. The summed E-state index contributed by atoms with van der Waals surface area (Å²) >= 11 is 0. The monoisotopic (exact) mass is 1180 g/mol. The van der Waals surface area contributed by atoms with Crippen molar-refractivity contribution >= 4 is 113 Å². The fourth-order valence-electron chi connectivity index (χ4n) is 16.6. The maximum absolute atomic E-state index is 6.75. The highest BCUT2D eigenvalue weighted by atomic mass is 16.5. The van der Waals surface area contributed by atoms with Crippen LogP contribution in [0.2, 0.25) is 0 Å². The largest absolute Gasteiger partial charge is 0.458 e. The molecule has 8 aliphatic rings. The van der Waals surface area contributed by atoms with Gasteiger partial charge in [-0.3, -0.25) is 0 Å². The number of aromatic nitrogens is 4. The third-order valence-corrected chi connectivity index (χ3v) is 20.1. The molecule has 23 rings (SSSR count). The van der Waals surface area contributed by atoms with Gasteiger partial charge in [0.2, 0.25) is 0 Å². The second kappa shape index (κ2) is 17.8. The molecule has 2 unspecified atom stereocenters. The predicted octanol–water partition coefficient (Wildman–Crippen LogP) is 14.8. The van der Waals surface area contributed by atoms with Crippen molar-refractivity contribution in [3.8, 4) is 80.4 Å². The molecule has 2 atom stereocenters. The van der Waals surface area contributed by atoms with Crippen molar-refractivity contribution in [1.29, 1.82) is 0 Å². The molecule has 14 heteroatoms. The second-order valence-corrected chi connectivity index (χ2v) is 24.6. The van der Waals surface area contributed by atoms with Crippen molar-refractivity contribution < 1.29 is 28.4 Å². The summed E-state index contributed by atoms with van der Waals surface area (Å²) in [6.45, 7) is -0.0404. The van der Waals surface area contributed by atoms with E-state index in [1.165, 1.54) is 38.2 Å². The van der Waals surface area contributed by atoms with E-state index in [0.29, 0.717) is 0 Å². The van der Waals surface area contributed by atoms with Crippen LogP contribution in [0.4, 0.5) is 22.7 Å². The predicted molar refractivity (Wildman–Crippen MR) is 362 cm³/mol. The van der Waals surface area contributed by atoms with Gasteiger partial charge in [0.05, 0.1) is 57.4 Å². The topological polar surface area (TPSA) is 97.5 Å². The highest BCUT2D eigenvalue weighted by Crippen LogP contribution is 2.59. The highest BCUT2D eigenvalue weighted by Gasteiger charge is 2.53. The van der Waals surface area contributed by atoms with Gasteiger partial charge < -0.3 is 47.4 Å². The number of ether oxygens (including phenoxy) is 6. The molecule has 0 amide bonds. The molecule has 92 heavy (non-hydrogen) atoms. The molecule has 12 aromatic carbocycles. The lowest BCUT2D eigenvalue weighted by Gasteiger charge is -2.39. The molecule has 8 aliphatic heterocycles. The molecule has 12 nitrogen and oxygen atoms in total. The zero-order valence-electron chi connectivity index (χ0n) is 48.7. The van der Waals surface area contributed by atoms with Crippen molar-refractivity contribution in [1.82, 2.24) is 19.1 Å². The van der Waals surface area contributed by atoms with Crippen LogP contribution in [0.3, 0.4) is 0 Å². The van der Waals surface area contributed by atoms with Gasteiger partial charge in [0.1, 0.15) is 81.5 Å². The Bertz CT molecular complexity index is 5650. The average molecular weight is 1180 g/mol. The van der Waals surface area contributed by atoms with Gasteiger partial charge in [-0.1, -0.05) is 121 Å².